The molecule has 0 bridgehead atoms. The van der Waals surface area contributed by atoms with Crippen molar-refractivity contribution in [2.75, 3.05) is 6.61 Å². The molecule has 0 fully saturated rings. The molecule has 15 heavy (non-hydrogen) atoms. The summed E-state index contributed by atoms with van der Waals surface area (Å²) in [6, 6.07) is 8.59. The Kier molecular flexibility index (Phi) is 4.39. The van der Waals surface area contributed by atoms with E-state index >= 15 is 0 Å². The second kappa shape index (κ2) is 5.84. The Morgan fingerprint density at radius 2 is 2.13 bits per heavy atom. The highest BCUT2D eigenvalue weighted by Crippen LogP contribution is 2.05. The fourth-order valence-electron chi connectivity index (χ4n) is 1.07. The molecular weight excluding hydrogens is 192 g/mol. The zero-order chi connectivity index (χ0) is 11.1. The standard InChI is InChI=1S/C12H12O3/c1-2-11(8-9-13)15-12(14)10-6-4-3-5-7-10/h1,3-7,11,13H,8-9H2. The minimum absolute atomic E-state index is 0.100. The number of esters is 1. The molecule has 1 aromatic rings. The van der Waals surface area contributed by atoms with E-state index in [0.29, 0.717) is 5.56 Å². The van der Waals surface area contributed by atoms with Crippen molar-refractivity contribution in [1.29, 1.82) is 0 Å². The van der Waals surface area contributed by atoms with Crippen molar-refractivity contribution in [3.05, 3.63) is 35.9 Å². The summed E-state index contributed by atoms with van der Waals surface area (Å²) in [6.07, 6.45) is 4.74. The molecule has 1 aromatic carbocycles. The molecule has 3 nitrogen and oxygen atoms in total. The number of rotatable bonds is 4. The zero-order valence-electron chi connectivity index (χ0n) is 8.22. The van der Waals surface area contributed by atoms with Gasteiger partial charge in [0.25, 0.3) is 0 Å². The molecule has 0 spiro atoms. The lowest BCUT2D eigenvalue weighted by Crippen LogP contribution is -2.17. The number of benzene rings is 1. The van der Waals surface area contributed by atoms with E-state index in [-0.39, 0.29) is 13.0 Å². The Labute approximate surface area is 88.7 Å². The quantitative estimate of drug-likeness (QED) is 0.592. The molecule has 0 aliphatic rings. The van der Waals surface area contributed by atoms with E-state index in [1.165, 1.54) is 0 Å². The number of hydrogen-bond donors (Lipinski definition) is 1. The largest absolute Gasteiger partial charge is 0.445 e. The van der Waals surface area contributed by atoms with Crippen LogP contribution in [0.4, 0.5) is 0 Å². The van der Waals surface area contributed by atoms with Crippen LogP contribution >= 0.6 is 0 Å². The van der Waals surface area contributed by atoms with Crippen molar-refractivity contribution in [3.8, 4) is 12.3 Å². The van der Waals surface area contributed by atoms with Gasteiger partial charge >= 0.3 is 5.97 Å². The monoisotopic (exact) mass is 204 g/mol. The predicted octanol–water partition coefficient (Wildman–Crippen LogP) is 1.23. The number of aliphatic hydroxyl groups excluding tert-OH is 1. The zero-order valence-corrected chi connectivity index (χ0v) is 8.22. The van der Waals surface area contributed by atoms with Crippen LogP contribution in [0, 0.1) is 12.3 Å². The van der Waals surface area contributed by atoms with Crippen LogP contribution in [0.15, 0.2) is 30.3 Å². The first-order valence-corrected chi connectivity index (χ1v) is 4.61. The van der Waals surface area contributed by atoms with Gasteiger partial charge in [-0.25, -0.2) is 4.79 Å². The van der Waals surface area contributed by atoms with Crippen molar-refractivity contribution in [3.63, 3.8) is 0 Å². The predicted molar refractivity (Wildman–Crippen MR) is 56.2 cm³/mol. The van der Waals surface area contributed by atoms with E-state index in [1.807, 2.05) is 6.07 Å². The third kappa shape index (κ3) is 3.45. The highest BCUT2D eigenvalue weighted by atomic mass is 16.5. The summed E-state index contributed by atoms with van der Waals surface area (Å²) in [5.41, 5.74) is 0.454. The van der Waals surface area contributed by atoms with Gasteiger partial charge < -0.3 is 9.84 Å². The summed E-state index contributed by atoms with van der Waals surface area (Å²) < 4.78 is 4.99. The Balaban J connectivity index is 2.60. The summed E-state index contributed by atoms with van der Waals surface area (Å²) in [7, 11) is 0. The van der Waals surface area contributed by atoms with Crippen molar-refractivity contribution in [2.45, 2.75) is 12.5 Å². The van der Waals surface area contributed by atoms with Gasteiger partial charge in [-0.2, -0.15) is 0 Å². The molecule has 1 atom stereocenters. The summed E-state index contributed by atoms with van der Waals surface area (Å²) in [5, 5.41) is 8.66. The average molecular weight is 204 g/mol. The first-order chi connectivity index (χ1) is 7.27. The Morgan fingerprint density at radius 3 is 2.67 bits per heavy atom. The summed E-state index contributed by atoms with van der Waals surface area (Å²) >= 11 is 0. The maximum absolute atomic E-state index is 11.5. The van der Waals surface area contributed by atoms with E-state index in [0.717, 1.165) is 0 Å². The Hall–Kier alpha value is -1.79. The van der Waals surface area contributed by atoms with Crippen molar-refractivity contribution in [1.82, 2.24) is 0 Å². The second-order valence-corrected chi connectivity index (χ2v) is 2.94. The number of hydrogen-bond acceptors (Lipinski definition) is 3. The SMILES string of the molecule is C#CC(CCO)OC(=O)c1ccccc1. The number of carbonyl (C=O) groups is 1. The highest BCUT2D eigenvalue weighted by Gasteiger charge is 2.12. The van der Waals surface area contributed by atoms with Gasteiger partial charge in [-0.15, -0.1) is 6.42 Å². The van der Waals surface area contributed by atoms with E-state index in [2.05, 4.69) is 5.92 Å². The van der Waals surface area contributed by atoms with Gasteiger partial charge in [0.1, 0.15) is 0 Å². The minimum atomic E-state index is -0.664. The summed E-state index contributed by atoms with van der Waals surface area (Å²) in [5.74, 6) is 1.83. The molecule has 0 radical (unpaired) electrons. The van der Waals surface area contributed by atoms with Crippen LogP contribution in [0.1, 0.15) is 16.8 Å². The molecule has 1 rings (SSSR count). The first kappa shape index (κ1) is 11.3. The Morgan fingerprint density at radius 1 is 1.47 bits per heavy atom. The van der Waals surface area contributed by atoms with Crippen molar-refractivity contribution < 1.29 is 14.6 Å². The molecule has 3 heteroatoms. The molecule has 0 saturated carbocycles. The van der Waals surface area contributed by atoms with E-state index in [9.17, 15) is 4.79 Å². The molecule has 0 saturated heterocycles. The van der Waals surface area contributed by atoms with Gasteiger partial charge in [0.05, 0.1) is 5.56 Å². The smallest absolute Gasteiger partial charge is 0.339 e. The van der Waals surface area contributed by atoms with Gasteiger partial charge in [0.2, 0.25) is 0 Å². The normalized spacial score (nSPS) is 11.5. The van der Waals surface area contributed by atoms with Crippen LogP contribution in [-0.2, 0) is 4.74 Å². The first-order valence-electron chi connectivity index (χ1n) is 4.61. The maximum Gasteiger partial charge on any atom is 0.339 e. The molecule has 78 valence electrons. The molecule has 1 unspecified atom stereocenters. The van der Waals surface area contributed by atoms with Crippen LogP contribution in [0.25, 0.3) is 0 Å². The molecule has 0 aromatic heterocycles. The highest BCUT2D eigenvalue weighted by molar-refractivity contribution is 5.89. The fraction of sp³-hybridized carbons (Fsp3) is 0.250. The summed E-state index contributed by atoms with van der Waals surface area (Å²) in [4.78, 5) is 11.5. The molecule has 0 heterocycles. The number of carbonyl (C=O) groups excluding carboxylic acids is 1. The van der Waals surface area contributed by atoms with Crippen molar-refractivity contribution in [2.24, 2.45) is 0 Å². The fourth-order valence-corrected chi connectivity index (χ4v) is 1.07. The molecule has 0 amide bonds. The molecule has 0 aliphatic heterocycles. The molecule has 1 N–H and O–H groups in total. The van der Waals surface area contributed by atoms with Crippen LogP contribution in [0.3, 0.4) is 0 Å². The molecular formula is C12H12O3. The summed E-state index contributed by atoms with van der Waals surface area (Å²) in [6.45, 7) is -0.100. The topological polar surface area (TPSA) is 46.5 Å². The maximum atomic E-state index is 11.5. The van der Waals surface area contributed by atoms with Gasteiger partial charge in [0, 0.05) is 13.0 Å². The third-order valence-corrected chi connectivity index (χ3v) is 1.84. The lowest BCUT2D eigenvalue weighted by Gasteiger charge is -2.10. The van der Waals surface area contributed by atoms with Gasteiger partial charge in [-0.05, 0) is 12.1 Å². The third-order valence-electron chi connectivity index (χ3n) is 1.84. The Bertz CT molecular complexity index is 351. The van der Waals surface area contributed by atoms with E-state index in [1.54, 1.807) is 24.3 Å². The van der Waals surface area contributed by atoms with Gasteiger partial charge in [-0.1, -0.05) is 24.1 Å². The van der Waals surface area contributed by atoms with E-state index in [4.69, 9.17) is 16.3 Å². The molecule has 0 aliphatic carbocycles. The van der Waals surface area contributed by atoms with Gasteiger partial charge in [0.15, 0.2) is 6.10 Å². The van der Waals surface area contributed by atoms with Crippen LogP contribution in [-0.4, -0.2) is 23.8 Å². The minimum Gasteiger partial charge on any atom is -0.445 e. The van der Waals surface area contributed by atoms with Crippen molar-refractivity contribution >= 4 is 5.97 Å². The van der Waals surface area contributed by atoms with Crippen LogP contribution in [0.5, 0.6) is 0 Å². The number of terminal acetylenes is 1. The number of ether oxygens (including phenoxy) is 1. The van der Waals surface area contributed by atoms with Crippen LogP contribution in [0.2, 0.25) is 0 Å². The van der Waals surface area contributed by atoms with E-state index < -0.39 is 12.1 Å². The van der Waals surface area contributed by atoms with Crippen LogP contribution < -0.4 is 0 Å². The van der Waals surface area contributed by atoms with Gasteiger partial charge in [-0.3, -0.25) is 0 Å². The number of aliphatic hydroxyl groups is 1. The lowest BCUT2D eigenvalue weighted by atomic mass is 10.2. The second-order valence-electron chi connectivity index (χ2n) is 2.94. The average Bonchev–Trinajstić information content (AvgIpc) is 2.29. The lowest BCUT2D eigenvalue weighted by molar-refractivity contribution is 0.0369.